The van der Waals surface area contributed by atoms with Crippen LogP contribution in [0.25, 0.3) is 11.1 Å². The van der Waals surface area contributed by atoms with Gasteiger partial charge in [0.2, 0.25) is 0 Å². The Morgan fingerprint density at radius 2 is 1.36 bits per heavy atom. The Hall–Kier alpha value is -3.53. The zero-order valence-electron chi connectivity index (χ0n) is 21.0. The first-order valence-corrected chi connectivity index (χ1v) is 12.8. The fourth-order valence-corrected chi connectivity index (χ4v) is 5.36. The van der Waals surface area contributed by atoms with E-state index in [1.165, 1.54) is 0 Å². The Kier molecular flexibility index (Phi) is 8.48. The molecule has 0 amide bonds. The van der Waals surface area contributed by atoms with Crippen LogP contribution in [0.1, 0.15) is 56.6 Å². The minimum atomic E-state index is -0.624. The topological polar surface area (TPSA) is 60.4 Å². The number of Topliss-reactive ketones (excluding diaryl/α,β-unsaturated/α-hetero) is 2. The van der Waals surface area contributed by atoms with Gasteiger partial charge in [0.1, 0.15) is 18.2 Å². The molecule has 186 valence electrons. The largest absolute Gasteiger partial charge is 0.461 e. The van der Waals surface area contributed by atoms with Crippen LogP contribution in [0.3, 0.4) is 0 Å². The van der Waals surface area contributed by atoms with E-state index in [2.05, 4.69) is 12.1 Å². The Balaban J connectivity index is 1.51. The number of ketones is 2. The van der Waals surface area contributed by atoms with Gasteiger partial charge in [0.25, 0.3) is 0 Å². The average Bonchev–Trinajstić information content (AvgIpc) is 3.37. The van der Waals surface area contributed by atoms with Crippen LogP contribution in [0.4, 0.5) is 0 Å². The molecule has 1 fully saturated rings. The normalized spacial score (nSPS) is 15.2. The van der Waals surface area contributed by atoms with Crippen LogP contribution in [-0.2, 0) is 32.1 Å². The number of hydrogen-bond acceptors (Lipinski definition) is 4. The van der Waals surface area contributed by atoms with E-state index in [-0.39, 0.29) is 37.0 Å². The molecule has 1 aliphatic carbocycles. The molecule has 4 heteroatoms. The second-order valence-electron chi connectivity index (χ2n) is 10.1. The third-order valence-electron chi connectivity index (χ3n) is 7.27. The van der Waals surface area contributed by atoms with Crippen molar-refractivity contribution in [3.05, 3.63) is 96.1 Å². The molecule has 1 aliphatic rings. The highest BCUT2D eigenvalue weighted by molar-refractivity contribution is 5.93. The first-order chi connectivity index (χ1) is 17.4. The van der Waals surface area contributed by atoms with Gasteiger partial charge in [-0.05, 0) is 48.4 Å². The summed E-state index contributed by atoms with van der Waals surface area (Å²) in [5, 5.41) is 0. The first kappa shape index (κ1) is 25.6. The summed E-state index contributed by atoms with van der Waals surface area (Å²) in [4.78, 5) is 38.8. The maximum absolute atomic E-state index is 13.6. The zero-order chi connectivity index (χ0) is 25.4. The molecule has 1 atom stereocenters. The van der Waals surface area contributed by atoms with Gasteiger partial charge in [-0.1, -0.05) is 97.8 Å². The molecule has 0 unspecified atom stereocenters. The van der Waals surface area contributed by atoms with E-state index in [0.717, 1.165) is 47.9 Å². The highest BCUT2D eigenvalue weighted by atomic mass is 16.5. The lowest BCUT2D eigenvalue weighted by Crippen LogP contribution is -2.34. The summed E-state index contributed by atoms with van der Waals surface area (Å²) in [7, 11) is 0. The molecule has 0 heterocycles. The summed E-state index contributed by atoms with van der Waals surface area (Å²) in [5.41, 5.74) is 3.50. The molecule has 0 saturated heterocycles. The van der Waals surface area contributed by atoms with Crippen LogP contribution in [0.2, 0.25) is 0 Å². The molecule has 0 spiro atoms. The molecule has 0 radical (unpaired) electrons. The van der Waals surface area contributed by atoms with Crippen molar-refractivity contribution in [2.75, 3.05) is 0 Å². The third kappa shape index (κ3) is 6.57. The monoisotopic (exact) mass is 482 g/mol. The zero-order valence-corrected chi connectivity index (χ0v) is 21.0. The lowest BCUT2D eigenvalue weighted by Gasteiger charge is -2.28. The van der Waals surface area contributed by atoms with Crippen molar-refractivity contribution in [3.63, 3.8) is 0 Å². The second kappa shape index (κ2) is 11.9. The summed E-state index contributed by atoms with van der Waals surface area (Å²) >= 11 is 0. The predicted octanol–water partition coefficient (Wildman–Crippen LogP) is 6.75. The number of rotatable bonds is 11. The molecule has 3 aromatic rings. The molecule has 36 heavy (non-hydrogen) atoms. The van der Waals surface area contributed by atoms with Gasteiger partial charge < -0.3 is 4.74 Å². The minimum absolute atomic E-state index is 0.0257. The molecule has 0 aliphatic heterocycles. The predicted molar refractivity (Wildman–Crippen MR) is 141 cm³/mol. The number of esters is 1. The molecule has 4 nitrogen and oxygen atoms in total. The minimum Gasteiger partial charge on any atom is -0.461 e. The standard InChI is InChI=1S/C32H34O4/c1-24(33)22-32(18-8-9-19-32)30(34)21-29(31(35)36-23-26-10-4-2-5-11-26)20-25-14-16-28(17-15-25)27-12-6-3-7-13-27/h2-7,10-17,29H,8-9,18-23H2,1H3/t29-/m1/s1. The molecule has 0 bridgehead atoms. The second-order valence-corrected chi connectivity index (χ2v) is 10.1. The number of hydrogen-bond donors (Lipinski definition) is 0. The van der Waals surface area contributed by atoms with Crippen LogP contribution in [-0.4, -0.2) is 17.5 Å². The van der Waals surface area contributed by atoms with E-state index < -0.39 is 11.3 Å². The van der Waals surface area contributed by atoms with Crippen LogP contribution in [0, 0.1) is 11.3 Å². The van der Waals surface area contributed by atoms with Crippen LogP contribution in [0.15, 0.2) is 84.9 Å². The van der Waals surface area contributed by atoms with Crippen molar-refractivity contribution in [1.29, 1.82) is 0 Å². The summed E-state index contributed by atoms with van der Waals surface area (Å²) in [6, 6.07) is 27.8. The van der Waals surface area contributed by atoms with Crippen molar-refractivity contribution in [1.82, 2.24) is 0 Å². The maximum Gasteiger partial charge on any atom is 0.310 e. The Bertz CT molecular complexity index is 1160. The molecule has 0 aromatic heterocycles. The van der Waals surface area contributed by atoms with Gasteiger partial charge >= 0.3 is 5.97 Å². The lowest BCUT2D eigenvalue weighted by atomic mass is 9.74. The van der Waals surface area contributed by atoms with Gasteiger partial charge in [0, 0.05) is 18.3 Å². The van der Waals surface area contributed by atoms with E-state index in [1.54, 1.807) is 6.92 Å². The number of carbonyl (C=O) groups is 3. The van der Waals surface area contributed by atoms with Gasteiger partial charge in [-0.2, -0.15) is 0 Å². The van der Waals surface area contributed by atoms with Crippen LogP contribution in [0.5, 0.6) is 0 Å². The summed E-state index contributed by atoms with van der Waals surface area (Å²) in [6.07, 6.45) is 4.13. The first-order valence-electron chi connectivity index (χ1n) is 12.8. The van der Waals surface area contributed by atoms with Crippen molar-refractivity contribution in [3.8, 4) is 11.1 Å². The van der Waals surface area contributed by atoms with Crippen molar-refractivity contribution >= 4 is 17.5 Å². The molecular weight excluding hydrogens is 448 g/mol. The van der Waals surface area contributed by atoms with Crippen LogP contribution >= 0.6 is 0 Å². The number of benzene rings is 3. The molecule has 4 rings (SSSR count). The van der Waals surface area contributed by atoms with E-state index in [1.807, 2.05) is 72.8 Å². The molecule has 0 N–H and O–H groups in total. The van der Waals surface area contributed by atoms with Gasteiger partial charge in [0.05, 0.1) is 5.92 Å². The number of ether oxygens (including phenoxy) is 1. The SMILES string of the molecule is CC(=O)CC1(C(=O)C[C@@H](Cc2ccc(-c3ccccc3)cc2)C(=O)OCc2ccccc2)CCCC1. The summed E-state index contributed by atoms with van der Waals surface area (Å²) in [5.74, 6) is -0.897. The smallest absolute Gasteiger partial charge is 0.310 e. The van der Waals surface area contributed by atoms with E-state index in [4.69, 9.17) is 4.74 Å². The quantitative estimate of drug-likeness (QED) is 0.284. The summed E-state index contributed by atoms with van der Waals surface area (Å²) in [6.45, 7) is 1.73. The van der Waals surface area contributed by atoms with Crippen molar-refractivity contribution in [2.24, 2.45) is 11.3 Å². The average molecular weight is 483 g/mol. The molecular formula is C32H34O4. The highest BCUT2D eigenvalue weighted by Gasteiger charge is 2.43. The Labute approximate surface area is 213 Å². The van der Waals surface area contributed by atoms with Gasteiger partial charge in [-0.25, -0.2) is 0 Å². The molecule has 3 aromatic carbocycles. The Morgan fingerprint density at radius 3 is 1.97 bits per heavy atom. The van der Waals surface area contributed by atoms with Crippen LogP contribution < -0.4 is 0 Å². The molecule has 1 saturated carbocycles. The summed E-state index contributed by atoms with van der Waals surface area (Å²) < 4.78 is 5.67. The third-order valence-corrected chi connectivity index (χ3v) is 7.27. The lowest BCUT2D eigenvalue weighted by molar-refractivity contribution is -0.152. The number of carbonyl (C=O) groups excluding carboxylic acids is 3. The van der Waals surface area contributed by atoms with E-state index in [0.29, 0.717) is 6.42 Å². The van der Waals surface area contributed by atoms with E-state index >= 15 is 0 Å². The fraction of sp³-hybridized carbons (Fsp3) is 0.344. The van der Waals surface area contributed by atoms with Crippen molar-refractivity contribution in [2.45, 2.75) is 58.5 Å². The van der Waals surface area contributed by atoms with Crippen molar-refractivity contribution < 1.29 is 19.1 Å². The van der Waals surface area contributed by atoms with Gasteiger partial charge in [0.15, 0.2) is 0 Å². The van der Waals surface area contributed by atoms with Gasteiger partial charge in [-0.15, -0.1) is 0 Å². The highest BCUT2D eigenvalue weighted by Crippen LogP contribution is 2.43. The maximum atomic E-state index is 13.6. The fourth-order valence-electron chi connectivity index (χ4n) is 5.36. The Morgan fingerprint density at radius 1 is 0.778 bits per heavy atom. The van der Waals surface area contributed by atoms with E-state index in [9.17, 15) is 14.4 Å². The van der Waals surface area contributed by atoms with Gasteiger partial charge in [-0.3, -0.25) is 14.4 Å².